The average molecular weight is 309 g/mol. The molecule has 0 aromatic carbocycles. The Labute approximate surface area is 134 Å². The molecule has 0 aliphatic heterocycles. The predicted octanol–water partition coefficient (Wildman–Crippen LogP) is 4.37. The van der Waals surface area contributed by atoms with Crippen molar-refractivity contribution in [2.75, 3.05) is 20.1 Å². The molecule has 0 amide bonds. The van der Waals surface area contributed by atoms with Crippen LogP contribution in [-0.4, -0.2) is 31.1 Å². The Bertz CT molecular complexity index is 377. The third-order valence-corrected chi connectivity index (χ3v) is 5.74. The minimum atomic E-state index is 0.735. The lowest BCUT2D eigenvalue weighted by atomic mass is 9.76. The molecule has 21 heavy (non-hydrogen) atoms. The van der Waals surface area contributed by atoms with E-state index in [1.165, 1.54) is 50.1 Å². The molecule has 1 N–H and O–H groups in total. The van der Waals surface area contributed by atoms with Crippen molar-refractivity contribution in [3.05, 3.63) is 22.4 Å². The second kappa shape index (κ2) is 8.92. The monoisotopic (exact) mass is 308 g/mol. The third kappa shape index (κ3) is 5.39. The van der Waals surface area contributed by atoms with E-state index < -0.39 is 0 Å². The molecule has 3 atom stereocenters. The van der Waals surface area contributed by atoms with Gasteiger partial charge in [-0.15, -0.1) is 11.3 Å². The van der Waals surface area contributed by atoms with Gasteiger partial charge in [-0.05, 0) is 62.6 Å². The number of rotatable bonds is 8. The smallest absolute Gasteiger partial charge is 0.0324 e. The SMILES string of the molecule is CCCNC1CCC(CC)CC1CN(C)Cc1cccs1. The zero-order chi connectivity index (χ0) is 15.1. The zero-order valence-electron chi connectivity index (χ0n) is 14.0. The number of hydrogen-bond acceptors (Lipinski definition) is 3. The van der Waals surface area contributed by atoms with E-state index in [4.69, 9.17) is 0 Å². The van der Waals surface area contributed by atoms with Crippen molar-refractivity contribution in [3.8, 4) is 0 Å². The molecule has 1 heterocycles. The molecule has 3 heteroatoms. The van der Waals surface area contributed by atoms with Gasteiger partial charge >= 0.3 is 0 Å². The first-order valence-electron chi connectivity index (χ1n) is 8.67. The van der Waals surface area contributed by atoms with Gasteiger partial charge in [-0.2, -0.15) is 0 Å². The molecule has 2 nitrogen and oxygen atoms in total. The van der Waals surface area contributed by atoms with Crippen LogP contribution in [0.2, 0.25) is 0 Å². The maximum absolute atomic E-state index is 3.81. The van der Waals surface area contributed by atoms with Crippen molar-refractivity contribution < 1.29 is 0 Å². The number of hydrogen-bond donors (Lipinski definition) is 1. The van der Waals surface area contributed by atoms with Gasteiger partial charge in [-0.25, -0.2) is 0 Å². The summed E-state index contributed by atoms with van der Waals surface area (Å²) in [6, 6.07) is 5.15. The third-order valence-electron chi connectivity index (χ3n) is 4.88. The van der Waals surface area contributed by atoms with Crippen LogP contribution >= 0.6 is 11.3 Å². The fourth-order valence-electron chi connectivity index (χ4n) is 3.67. The van der Waals surface area contributed by atoms with Gasteiger partial charge in [0.1, 0.15) is 0 Å². The normalized spacial score (nSPS) is 26.4. The molecule has 1 aliphatic rings. The number of nitrogens with one attached hydrogen (secondary N) is 1. The molecular weight excluding hydrogens is 276 g/mol. The number of nitrogens with zero attached hydrogens (tertiary/aromatic N) is 1. The second-order valence-corrected chi connectivity index (χ2v) is 7.72. The van der Waals surface area contributed by atoms with Gasteiger partial charge < -0.3 is 10.2 Å². The summed E-state index contributed by atoms with van der Waals surface area (Å²) in [6.07, 6.45) is 6.79. The molecule has 0 radical (unpaired) electrons. The lowest BCUT2D eigenvalue weighted by molar-refractivity contribution is 0.149. The molecule has 1 aromatic rings. The molecule has 0 spiro atoms. The summed E-state index contributed by atoms with van der Waals surface area (Å²) < 4.78 is 0. The second-order valence-electron chi connectivity index (χ2n) is 6.68. The molecule has 120 valence electrons. The van der Waals surface area contributed by atoms with E-state index in [9.17, 15) is 0 Å². The highest BCUT2D eigenvalue weighted by atomic mass is 32.1. The van der Waals surface area contributed by atoms with Crippen LogP contribution in [0, 0.1) is 11.8 Å². The minimum absolute atomic E-state index is 0.735. The maximum Gasteiger partial charge on any atom is 0.0324 e. The predicted molar refractivity (Wildman–Crippen MR) is 93.9 cm³/mol. The van der Waals surface area contributed by atoms with Gasteiger partial charge in [-0.1, -0.05) is 26.3 Å². The summed E-state index contributed by atoms with van der Waals surface area (Å²) in [7, 11) is 2.28. The van der Waals surface area contributed by atoms with Crippen molar-refractivity contribution in [2.24, 2.45) is 11.8 Å². The van der Waals surface area contributed by atoms with Crippen molar-refractivity contribution in [2.45, 2.75) is 58.5 Å². The Hall–Kier alpha value is -0.380. The van der Waals surface area contributed by atoms with Gasteiger partial charge in [0.25, 0.3) is 0 Å². The molecule has 0 bridgehead atoms. The molecule has 1 aromatic heterocycles. The largest absolute Gasteiger partial charge is 0.314 e. The summed E-state index contributed by atoms with van der Waals surface area (Å²) in [5.41, 5.74) is 0. The van der Waals surface area contributed by atoms with Crippen LogP contribution in [0.3, 0.4) is 0 Å². The first kappa shape index (κ1) is 17.0. The molecule has 0 saturated heterocycles. The van der Waals surface area contributed by atoms with Gasteiger partial charge in [0, 0.05) is 24.0 Å². The highest BCUT2D eigenvalue weighted by Gasteiger charge is 2.30. The van der Waals surface area contributed by atoms with Crippen molar-refractivity contribution in [3.63, 3.8) is 0 Å². The highest BCUT2D eigenvalue weighted by molar-refractivity contribution is 7.09. The Morgan fingerprint density at radius 3 is 2.86 bits per heavy atom. The summed E-state index contributed by atoms with van der Waals surface area (Å²) in [6.45, 7) is 8.13. The van der Waals surface area contributed by atoms with Crippen LogP contribution < -0.4 is 5.32 Å². The fraction of sp³-hybridized carbons (Fsp3) is 0.778. The van der Waals surface area contributed by atoms with Gasteiger partial charge in [0.05, 0.1) is 0 Å². The van der Waals surface area contributed by atoms with E-state index in [1.807, 2.05) is 11.3 Å². The Morgan fingerprint density at radius 2 is 2.19 bits per heavy atom. The van der Waals surface area contributed by atoms with Crippen LogP contribution in [0.1, 0.15) is 50.8 Å². The van der Waals surface area contributed by atoms with Crippen LogP contribution in [0.25, 0.3) is 0 Å². The molecule has 2 rings (SSSR count). The average Bonchev–Trinajstić information content (AvgIpc) is 2.98. The van der Waals surface area contributed by atoms with E-state index in [0.717, 1.165) is 24.4 Å². The quantitative estimate of drug-likeness (QED) is 0.767. The van der Waals surface area contributed by atoms with E-state index >= 15 is 0 Å². The molecule has 1 fully saturated rings. The maximum atomic E-state index is 3.81. The Kier molecular flexibility index (Phi) is 7.21. The van der Waals surface area contributed by atoms with E-state index in [-0.39, 0.29) is 0 Å². The zero-order valence-corrected chi connectivity index (χ0v) is 14.8. The standard InChI is InChI=1S/C18H32N2S/c1-4-10-19-18-9-8-15(5-2)12-16(18)13-20(3)14-17-7-6-11-21-17/h6-7,11,15-16,18-19H,4-5,8-10,12-14H2,1-3H3. The highest BCUT2D eigenvalue weighted by Crippen LogP contribution is 2.32. The van der Waals surface area contributed by atoms with Gasteiger partial charge in [0.15, 0.2) is 0 Å². The summed E-state index contributed by atoms with van der Waals surface area (Å²) >= 11 is 1.88. The van der Waals surface area contributed by atoms with E-state index in [1.54, 1.807) is 0 Å². The van der Waals surface area contributed by atoms with Crippen molar-refractivity contribution in [1.29, 1.82) is 0 Å². The fourth-order valence-corrected chi connectivity index (χ4v) is 4.45. The van der Waals surface area contributed by atoms with E-state index in [0.29, 0.717) is 0 Å². The lowest BCUT2D eigenvalue weighted by Crippen LogP contribution is -2.45. The van der Waals surface area contributed by atoms with Crippen molar-refractivity contribution in [1.82, 2.24) is 10.2 Å². The molecule has 1 aliphatic carbocycles. The van der Waals surface area contributed by atoms with Crippen LogP contribution in [0.4, 0.5) is 0 Å². The Balaban J connectivity index is 1.88. The van der Waals surface area contributed by atoms with Crippen LogP contribution in [0.15, 0.2) is 17.5 Å². The van der Waals surface area contributed by atoms with Gasteiger partial charge in [-0.3, -0.25) is 0 Å². The molecule has 1 saturated carbocycles. The summed E-state index contributed by atoms with van der Waals surface area (Å²) in [4.78, 5) is 4.01. The first-order chi connectivity index (χ1) is 10.2. The van der Waals surface area contributed by atoms with Gasteiger partial charge in [0.2, 0.25) is 0 Å². The molecular formula is C18H32N2S. The summed E-state index contributed by atoms with van der Waals surface area (Å²) in [5.74, 6) is 1.77. The van der Waals surface area contributed by atoms with E-state index in [2.05, 4.69) is 48.6 Å². The topological polar surface area (TPSA) is 15.3 Å². The minimum Gasteiger partial charge on any atom is -0.314 e. The first-order valence-corrected chi connectivity index (χ1v) is 9.55. The van der Waals surface area contributed by atoms with Crippen molar-refractivity contribution >= 4 is 11.3 Å². The summed E-state index contributed by atoms with van der Waals surface area (Å²) in [5, 5.41) is 5.99. The van der Waals surface area contributed by atoms with Crippen LogP contribution in [-0.2, 0) is 6.54 Å². The van der Waals surface area contributed by atoms with Crippen LogP contribution in [0.5, 0.6) is 0 Å². The molecule has 3 unspecified atom stereocenters. The lowest BCUT2D eigenvalue weighted by Gasteiger charge is -2.38. The number of thiophene rings is 1. The Morgan fingerprint density at radius 1 is 1.33 bits per heavy atom.